The molecule has 3 rings (SSSR count). The Morgan fingerprint density at radius 3 is 2.55 bits per heavy atom. The second-order valence-corrected chi connectivity index (χ2v) is 12.1. The van der Waals surface area contributed by atoms with Crippen molar-refractivity contribution < 1.29 is 22.7 Å². The summed E-state index contributed by atoms with van der Waals surface area (Å²) in [5.41, 5.74) is 1.44. The molecule has 1 aromatic heterocycles. The van der Waals surface area contributed by atoms with Gasteiger partial charge in [-0.1, -0.05) is 19.8 Å². The lowest BCUT2D eigenvalue weighted by Crippen LogP contribution is -2.25. The number of nitrogens with one attached hydrogen (secondary N) is 1. The average molecular weight is 442 g/mol. The van der Waals surface area contributed by atoms with Crippen molar-refractivity contribution in [3.63, 3.8) is 0 Å². The van der Waals surface area contributed by atoms with Crippen LogP contribution in [0, 0.1) is 5.92 Å². The Labute approximate surface area is 177 Å². The van der Waals surface area contributed by atoms with Crippen molar-refractivity contribution in [2.75, 3.05) is 11.1 Å². The van der Waals surface area contributed by atoms with Gasteiger partial charge in [-0.05, 0) is 57.4 Å². The number of fused-ring (bicyclic) bond motifs is 1. The summed E-state index contributed by atoms with van der Waals surface area (Å²) in [6.07, 6.45) is 5.62. The van der Waals surface area contributed by atoms with E-state index in [9.17, 15) is 18.0 Å². The summed E-state index contributed by atoms with van der Waals surface area (Å²) in [5.74, 6) is -0.384. The molecule has 1 saturated carbocycles. The van der Waals surface area contributed by atoms with Crippen LogP contribution in [0.3, 0.4) is 0 Å². The highest BCUT2D eigenvalue weighted by molar-refractivity contribution is 7.92. The Morgan fingerprint density at radius 1 is 1.21 bits per heavy atom. The highest BCUT2D eigenvalue weighted by Gasteiger charge is 2.31. The summed E-state index contributed by atoms with van der Waals surface area (Å²) in [5, 5.41) is 3.01. The van der Waals surface area contributed by atoms with Crippen molar-refractivity contribution in [2.24, 2.45) is 5.92 Å². The fourth-order valence-electron chi connectivity index (χ4n) is 4.17. The first-order valence-electron chi connectivity index (χ1n) is 10.5. The SMILES string of the molecule is CC1CCc2c(sc(NC(=O)CCS(=O)(=O)C3CCCC3)c2C(=O)OC(C)C)C1. The molecule has 2 aliphatic rings. The lowest BCUT2D eigenvalue weighted by molar-refractivity contribution is -0.115. The molecule has 2 aliphatic carbocycles. The number of hydrogen-bond donors (Lipinski definition) is 1. The van der Waals surface area contributed by atoms with Gasteiger partial charge in [-0.3, -0.25) is 4.79 Å². The molecular weight excluding hydrogens is 410 g/mol. The van der Waals surface area contributed by atoms with Crippen molar-refractivity contribution in [3.05, 3.63) is 16.0 Å². The van der Waals surface area contributed by atoms with Gasteiger partial charge < -0.3 is 10.1 Å². The van der Waals surface area contributed by atoms with Crippen LogP contribution in [0.15, 0.2) is 0 Å². The summed E-state index contributed by atoms with van der Waals surface area (Å²) >= 11 is 1.43. The van der Waals surface area contributed by atoms with Crippen LogP contribution in [-0.4, -0.2) is 37.4 Å². The molecule has 0 bridgehead atoms. The third kappa shape index (κ3) is 5.40. The number of amides is 1. The summed E-state index contributed by atoms with van der Waals surface area (Å²) in [6.45, 7) is 5.77. The zero-order valence-electron chi connectivity index (χ0n) is 17.5. The fourth-order valence-corrected chi connectivity index (χ4v) is 7.44. The zero-order valence-corrected chi connectivity index (χ0v) is 19.1. The van der Waals surface area contributed by atoms with Crippen molar-refractivity contribution in [2.45, 2.75) is 83.5 Å². The van der Waals surface area contributed by atoms with Crippen molar-refractivity contribution in [3.8, 4) is 0 Å². The maximum Gasteiger partial charge on any atom is 0.341 e. The number of ether oxygens (including phenoxy) is 1. The first-order valence-corrected chi connectivity index (χ1v) is 13.1. The summed E-state index contributed by atoms with van der Waals surface area (Å²) in [4.78, 5) is 26.3. The Balaban J connectivity index is 1.73. The molecule has 0 radical (unpaired) electrons. The molecular formula is C21H31NO5S2. The molecule has 0 saturated heterocycles. The number of carbonyl (C=O) groups excluding carboxylic acids is 2. The van der Waals surface area contributed by atoms with Gasteiger partial charge in [0.2, 0.25) is 5.91 Å². The molecule has 0 aliphatic heterocycles. The molecule has 0 spiro atoms. The highest BCUT2D eigenvalue weighted by atomic mass is 32.2. The molecule has 162 valence electrons. The first-order chi connectivity index (χ1) is 13.7. The topological polar surface area (TPSA) is 89.5 Å². The van der Waals surface area contributed by atoms with E-state index in [2.05, 4.69) is 12.2 Å². The number of esters is 1. The maximum absolute atomic E-state index is 12.7. The van der Waals surface area contributed by atoms with Crippen LogP contribution in [0.4, 0.5) is 5.00 Å². The normalized spacial score (nSPS) is 19.9. The molecule has 1 amide bonds. The number of rotatable bonds is 7. The molecule has 6 nitrogen and oxygen atoms in total. The van der Waals surface area contributed by atoms with Crippen molar-refractivity contribution in [1.29, 1.82) is 0 Å². The van der Waals surface area contributed by atoms with E-state index in [1.807, 2.05) is 0 Å². The minimum Gasteiger partial charge on any atom is -0.459 e. The minimum atomic E-state index is -3.25. The largest absolute Gasteiger partial charge is 0.459 e. The van der Waals surface area contributed by atoms with Crippen molar-refractivity contribution >= 4 is 38.1 Å². The Kier molecular flexibility index (Phi) is 7.04. The second-order valence-electron chi connectivity index (χ2n) is 8.58. The van der Waals surface area contributed by atoms with Crippen LogP contribution >= 0.6 is 11.3 Å². The fraction of sp³-hybridized carbons (Fsp3) is 0.714. The van der Waals surface area contributed by atoms with Gasteiger partial charge in [0.1, 0.15) is 5.00 Å². The standard InChI is InChI=1S/C21H31NO5S2/c1-13(2)27-21(24)19-16-9-8-14(3)12-17(16)28-20(19)22-18(23)10-11-29(25,26)15-6-4-5-7-15/h13-15H,4-12H2,1-3H3,(H,22,23). The van der Waals surface area contributed by atoms with Crippen LogP contribution in [0.5, 0.6) is 0 Å². The van der Waals surface area contributed by atoms with Gasteiger partial charge >= 0.3 is 5.97 Å². The van der Waals surface area contributed by atoms with E-state index in [1.165, 1.54) is 11.3 Å². The van der Waals surface area contributed by atoms with Crippen LogP contribution in [0.2, 0.25) is 0 Å². The van der Waals surface area contributed by atoms with Gasteiger partial charge in [0.25, 0.3) is 0 Å². The van der Waals surface area contributed by atoms with E-state index in [-0.39, 0.29) is 29.4 Å². The summed E-state index contributed by atoms with van der Waals surface area (Å²) in [7, 11) is -3.25. The minimum absolute atomic E-state index is 0.0868. The van der Waals surface area contributed by atoms with Crippen LogP contribution in [0.25, 0.3) is 0 Å². The molecule has 8 heteroatoms. The van der Waals surface area contributed by atoms with Gasteiger partial charge in [-0.15, -0.1) is 11.3 Å². The third-order valence-corrected chi connectivity index (χ3v) is 9.17. The second kappa shape index (κ2) is 9.16. The van der Waals surface area contributed by atoms with Gasteiger partial charge in [-0.25, -0.2) is 13.2 Å². The zero-order chi connectivity index (χ0) is 21.2. The Morgan fingerprint density at radius 2 is 1.90 bits per heavy atom. The number of sulfone groups is 1. The molecule has 1 atom stereocenters. The van der Waals surface area contributed by atoms with Gasteiger partial charge in [0.15, 0.2) is 9.84 Å². The molecule has 0 aromatic carbocycles. The number of thiophene rings is 1. The maximum atomic E-state index is 12.7. The average Bonchev–Trinajstić information content (AvgIpc) is 3.27. The smallest absolute Gasteiger partial charge is 0.341 e. The predicted molar refractivity (Wildman–Crippen MR) is 115 cm³/mol. The molecule has 1 aromatic rings. The summed E-state index contributed by atoms with van der Waals surface area (Å²) in [6, 6.07) is 0. The molecule has 29 heavy (non-hydrogen) atoms. The monoisotopic (exact) mass is 441 g/mol. The van der Waals surface area contributed by atoms with E-state index in [1.54, 1.807) is 13.8 Å². The van der Waals surface area contributed by atoms with E-state index >= 15 is 0 Å². The summed E-state index contributed by atoms with van der Waals surface area (Å²) < 4.78 is 30.3. The molecule has 1 unspecified atom stereocenters. The Bertz CT molecular complexity index is 866. The number of hydrogen-bond acceptors (Lipinski definition) is 6. The van der Waals surface area contributed by atoms with Crippen LogP contribution in [0.1, 0.15) is 80.1 Å². The predicted octanol–water partition coefficient (Wildman–Crippen LogP) is 4.12. The van der Waals surface area contributed by atoms with E-state index in [0.29, 0.717) is 29.3 Å². The van der Waals surface area contributed by atoms with E-state index in [4.69, 9.17) is 4.74 Å². The van der Waals surface area contributed by atoms with Gasteiger partial charge in [0, 0.05) is 11.3 Å². The molecule has 1 N–H and O–H groups in total. The lowest BCUT2D eigenvalue weighted by atomic mass is 9.88. The third-order valence-electron chi connectivity index (χ3n) is 5.74. The van der Waals surface area contributed by atoms with Gasteiger partial charge in [0.05, 0.1) is 22.7 Å². The quantitative estimate of drug-likeness (QED) is 0.643. The highest BCUT2D eigenvalue weighted by Crippen LogP contribution is 2.40. The molecule has 1 fully saturated rings. The van der Waals surface area contributed by atoms with Crippen LogP contribution in [-0.2, 0) is 32.2 Å². The van der Waals surface area contributed by atoms with Gasteiger partial charge in [-0.2, -0.15) is 0 Å². The van der Waals surface area contributed by atoms with E-state index in [0.717, 1.165) is 42.5 Å². The van der Waals surface area contributed by atoms with E-state index < -0.39 is 15.8 Å². The van der Waals surface area contributed by atoms with Crippen LogP contribution < -0.4 is 5.32 Å². The Hall–Kier alpha value is -1.41. The van der Waals surface area contributed by atoms with Crippen molar-refractivity contribution in [1.82, 2.24) is 0 Å². The number of carbonyl (C=O) groups is 2. The molecule has 1 heterocycles. The lowest BCUT2D eigenvalue weighted by Gasteiger charge is -2.19. The number of anilines is 1. The first kappa shape index (κ1) is 22.3.